The quantitative estimate of drug-likeness (QED) is 0.486. The number of likely N-dealkylation sites (N-methyl/N-ethyl adjacent to an activating group) is 1. The van der Waals surface area contributed by atoms with Gasteiger partial charge in [-0.15, -0.1) is 0 Å². The average molecular weight is 468 g/mol. The van der Waals surface area contributed by atoms with Gasteiger partial charge in [0.15, 0.2) is 0 Å². The Morgan fingerprint density at radius 2 is 1.62 bits per heavy atom. The predicted molar refractivity (Wildman–Crippen MR) is 128 cm³/mol. The summed E-state index contributed by atoms with van der Waals surface area (Å²) >= 11 is 0. The Morgan fingerprint density at radius 3 is 2.24 bits per heavy atom. The highest BCUT2D eigenvalue weighted by Gasteiger charge is 2.22. The number of hydrogen-bond acceptors (Lipinski definition) is 7. The normalized spacial score (nSPS) is 14.7. The Kier molecular flexibility index (Phi) is 8.39. The summed E-state index contributed by atoms with van der Waals surface area (Å²) in [6.07, 6.45) is -0.837. The molecule has 1 atom stereocenters. The second-order valence-electron chi connectivity index (χ2n) is 7.77. The maximum absolute atomic E-state index is 11.1. The van der Waals surface area contributed by atoms with Gasteiger partial charge >= 0.3 is 11.9 Å². The number of benzene rings is 2. The summed E-state index contributed by atoms with van der Waals surface area (Å²) in [5.74, 6) is -2.02. The topological polar surface area (TPSA) is 123 Å². The lowest BCUT2D eigenvalue weighted by atomic mass is 10.0. The number of fused-ring (bicyclic) bond motifs is 1. The van der Waals surface area contributed by atoms with Crippen LogP contribution in [0.2, 0.25) is 0 Å². The minimum Gasteiger partial charge on any atom is -0.496 e. The first-order valence-electron chi connectivity index (χ1n) is 11.0. The van der Waals surface area contributed by atoms with Crippen LogP contribution < -0.4 is 9.64 Å². The number of carboxylic acid groups (broad SMARTS) is 2. The summed E-state index contributed by atoms with van der Waals surface area (Å²) < 4.78 is 5.44. The molecule has 9 heteroatoms. The third kappa shape index (κ3) is 5.81. The number of nitrogens with zero attached hydrogens (tertiary/aromatic N) is 3. The van der Waals surface area contributed by atoms with Crippen molar-refractivity contribution in [3.8, 4) is 5.75 Å². The highest BCUT2D eigenvalue weighted by atomic mass is 16.5. The first kappa shape index (κ1) is 24.9. The summed E-state index contributed by atoms with van der Waals surface area (Å²) in [4.78, 5) is 27.9. The fraction of sp³-hybridized carbons (Fsp3) is 0.320. The van der Waals surface area contributed by atoms with Gasteiger partial charge < -0.3 is 29.9 Å². The minimum absolute atomic E-state index is 0.649. The summed E-state index contributed by atoms with van der Waals surface area (Å²) in [5, 5.41) is 28.1. The highest BCUT2D eigenvalue weighted by Crippen LogP contribution is 2.33. The second kappa shape index (κ2) is 11.4. The van der Waals surface area contributed by atoms with Crippen LogP contribution in [0.4, 0.5) is 5.82 Å². The van der Waals surface area contributed by atoms with Crippen LogP contribution >= 0.6 is 0 Å². The van der Waals surface area contributed by atoms with Gasteiger partial charge in [0.05, 0.1) is 12.8 Å². The standard InChI is InChI=1S/C23H27N3O2.C2H2O4/c1-3-25-12-14-26(15-13-25)23-18-9-5-4-8-17(18)16-20(24-23)22(27)19-10-6-7-11-21(19)28-2;3-1(4)2(5)6/h4-11,16,22,27H,3,12-15H2,1-2H3;(H,3,4)(H,5,6). The molecular formula is C25H29N3O6. The first-order chi connectivity index (χ1) is 16.3. The molecule has 3 N–H and O–H groups in total. The zero-order valence-corrected chi connectivity index (χ0v) is 19.2. The van der Waals surface area contributed by atoms with Crippen LogP contribution in [0, 0.1) is 0 Å². The van der Waals surface area contributed by atoms with Crippen molar-refractivity contribution in [1.82, 2.24) is 9.88 Å². The van der Waals surface area contributed by atoms with Crippen LogP contribution in [0.25, 0.3) is 10.8 Å². The number of aliphatic hydroxyl groups is 1. The smallest absolute Gasteiger partial charge is 0.414 e. The summed E-state index contributed by atoms with van der Waals surface area (Å²) in [5.41, 5.74) is 1.38. The van der Waals surface area contributed by atoms with E-state index in [1.165, 1.54) is 0 Å². The van der Waals surface area contributed by atoms with Crippen LogP contribution in [0.5, 0.6) is 5.75 Å². The number of carbonyl (C=O) groups is 2. The maximum Gasteiger partial charge on any atom is 0.414 e. The van der Waals surface area contributed by atoms with E-state index in [4.69, 9.17) is 29.5 Å². The molecule has 0 amide bonds. The minimum atomic E-state index is -1.82. The second-order valence-corrected chi connectivity index (χ2v) is 7.77. The van der Waals surface area contributed by atoms with Crippen LogP contribution in [-0.4, -0.2) is 77.0 Å². The lowest BCUT2D eigenvalue weighted by Crippen LogP contribution is -2.46. The van der Waals surface area contributed by atoms with Gasteiger partial charge in [0, 0.05) is 37.1 Å². The van der Waals surface area contributed by atoms with Crippen molar-refractivity contribution < 1.29 is 29.6 Å². The molecule has 1 aromatic heterocycles. The van der Waals surface area contributed by atoms with Crippen molar-refractivity contribution in [3.63, 3.8) is 0 Å². The fourth-order valence-electron chi connectivity index (χ4n) is 3.91. The molecule has 0 saturated carbocycles. The first-order valence-corrected chi connectivity index (χ1v) is 11.0. The molecule has 180 valence electrons. The number of carboxylic acids is 2. The summed E-state index contributed by atoms with van der Waals surface area (Å²) in [6, 6.07) is 17.8. The van der Waals surface area contributed by atoms with Gasteiger partial charge in [0.1, 0.15) is 17.7 Å². The highest BCUT2D eigenvalue weighted by molar-refractivity contribution is 6.27. The van der Waals surface area contributed by atoms with Gasteiger partial charge in [-0.05, 0) is 24.1 Å². The zero-order valence-electron chi connectivity index (χ0n) is 19.2. The Hall–Kier alpha value is -3.69. The number of ether oxygens (including phenoxy) is 1. The average Bonchev–Trinajstić information content (AvgIpc) is 2.88. The number of piperazine rings is 1. The molecule has 2 aromatic carbocycles. The van der Waals surface area contributed by atoms with Crippen molar-refractivity contribution in [2.75, 3.05) is 44.7 Å². The summed E-state index contributed by atoms with van der Waals surface area (Å²) in [6.45, 7) is 7.23. The lowest BCUT2D eigenvalue weighted by Gasteiger charge is -2.35. The van der Waals surface area contributed by atoms with E-state index in [9.17, 15) is 5.11 Å². The summed E-state index contributed by atoms with van der Waals surface area (Å²) in [7, 11) is 1.62. The van der Waals surface area contributed by atoms with Crippen molar-refractivity contribution >= 4 is 28.5 Å². The Balaban J connectivity index is 0.000000481. The van der Waals surface area contributed by atoms with E-state index in [2.05, 4.69) is 28.9 Å². The molecule has 34 heavy (non-hydrogen) atoms. The van der Waals surface area contributed by atoms with Crippen LogP contribution in [-0.2, 0) is 9.59 Å². The van der Waals surface area contributed by atoms with E-state index in [1.807, 2.05) is 42.5 Å². The van der Waals surface area contributed by atoms with Gasteiger partial charge in [0.25, 0.3) is 0 Å². The molecule has 0 bridgehead atoms. The number of aliphatic carboxylic acids is 2. The molecule has 1 aliphatic rings. The largest absolute Gasteiger partial charge is 0.496 e. The Labute approximate surface area is 197 Å². The van der Waals surface area contributed by atoms with Gasteiger partial charge in [-0.25, -0.2) is 14.6 Å². The van der Waals surface area contributed by atoms with Crippen molar-refractivity contribution in [2.45, 2.75) is 13.0 Å². The predicted octanol–water partition coefficient (Wildman–Crippen LogP) is 2.62. The van der Waals surface area contributed by atoms with E-state index in [0.29, 0.717) is 11.4 Å². The van der Waals surface area contributed by atoms with Crippen molar-refractivity contribution in [2.24, 2.45) is 0 Å². The molecule has 9 nitrogen and oxygen atoms in total. The van der Waals surface area contributed by atoms with Gasteiger partial charge in [-0.2, -0.15) is 0 Å². The third-order valence-electron chi connectivity index (χ3n) is 5.76. The maximum atomic E-state index is 11.1. The molecule has 0 aliphatic carbocycles. The number of anilines is 1. The number of aromatic nitrogens is 1. The van der Waals surface area contributed by atoms with Crippen LogP contribution in [0.15, 0.2) is 54.6 Å². The molecule has 1 aliphatic heterocycles. The van der Waals surface area contributed by atoms with E-state index in [0.717, 1.165) is 54.9 Å². The monoisotopic (exact) mass is 467 g/mol. The molecule has 3 aromatic rings. The number of hydrogen-bond donors (Lipinski definition) is 3. The van der Waals surface area contributed by atoms with Crippen molar-refractivity contribution in [3.05, 3.63) is 65.9 Å². The zero-order chi connectivity index (χ0) is 24.7. The van der Waals surface area contributed by atoms with Gasteiger partial charge in [0.2, 0.25) is 0 Å². The third-order valence-corrected chi connectivity index (χ3v) is 5.76. The molecule has 1 unspecified atom stereocenters. The van der Waals surface area contributed by atoms with E-state index < -0.39 is 18.0 Å². The van der Waals surface area contributed by atoms with E-state index in [-0.39, 0.29) is 0 Å². The number of methoxy groups -OCH3 is 1. The number of aliphatic hydroxyl groups excluding tert-OH is 1. The lowest BCUT2D eigenvalue weighted by molar-refractivity contribution is -0.159. The molecule has 0 spiro atoms. The van der Waals surface area contributed by atoms with Crippen LogP contribution in [0.3, 0.4) is 0 Å². The van der Waals surface area contributed by atoms with E-state index in [1.54, 1.807) is 7.11 Å². The molecule has 1 saturated heterocycles. The number of para-hydroxylation sites is 1. The van der Waals surface area contributed by atoms with Crippen LogP contribution in [0.1, 0.15) is 24.3 Å². The van der Waals surface area contributed by atoms with E-state index >= 15 is 0 Å². The Morgan fingerprint density at radius 1 is 1.00 bits per heavy atom. The molecule has 1 fully saturated rings. The Bertz CT molecular complexity index is 1130. The van der Waals surface area contributed by atoms with Gasteiger partial charge in [-0.1, -0.05) is 49.4 Å². The number of rotatable bonds is 5. The SMILES string of the molecule is CCN1CCN(c2nc(C(O)c3ccccc3OC)cc3ccccc23)CC1.O=C(O)C(=O)O. The van der Waals surface area contributed by atoms with Gasteiger partial charge in [-0.3, -0.25) is 0 Å². The fourth-order valence-corrected chi connectivity index (χ4v) is 3.91. The molecule has 4 rings (SSSR count). The molecular weight excluding hydrogens is 438 g/mol. The number of pyridine rings is 1. The molecule has 2 heterocycles. The molecule has 0 radical (unpaired) electrons. The van der Waals surface area contributed by atoms with Crippen molar-refractivity contribution in [1.29, 1.82) is 0 Å².